The van der Waals surface area contributed by atoms with Crippen LogP contribution in [0.2, 0.25) is 0 Å². The van der Waals surface area contributed by atoms with E-state index in [2.05, 4.69) is 0 Å². The van der Waals surface area contributed by atoms with Gasteiger partial charge in [0.25, 0.3) is 0 Å². The van der Waals surface area contributed by atoms with Crippen molar-refractivity contribution in [3.8, 4) is 6.07 Å². The Morgan fingerprint density at radius 2 is 2.06 bits per heavy atom. The predicted molar refractivity (Wildman–Crippen MR) is 64.3 cm³/mol. The lowest BCUT2D eigenvalue weighted by Crippen LogP contribution is -2.18. The van der Waals surface area contributed by atoms with Crippen molar-refractivity contribution in [2.45, 2.75) is 18.6 Å². The van der Waals surface area contributed by atoms with Gasteiger partial charge in [-0.25, -0.2) is 4.79 Å². The average Bonchev–Trinajstić information content (AvgIpc) is 2.36. The minimum absolute atomic E-state index is 0.196. The van der Waals surface area contributed by atoms with Gasteiger partial charge in [0.1, 0.15) is 6.10 Å². The summed E-state index contributed by atoms with van der Waals surface area (Å²) in [4.78, 5) is 10.4. The summed E-state index contributed by atoms with van der Waals surface area (Å²) in [5.41, 5.74) is 0.877. The summed E-state index contributed by atoms with van der Waals surface area (Å²) in [6.07, 6.45) is -0.339. The van der Waals surface area contributed by atoms with E-state index in [0.29, 0.717) is 11.1 Å². The maximum absolute atomic E-state index is 10.4. The molecule has 0 aliphatic carbocycles. The molecule has 1 rings (SSSR count). The zero-order valence-electron chi connectivity index (χ0n) is 9.52. The Morgan fingerprint density at radius 3 is 2.67 bits per heavy atom. The van der Waals surface area contributed by atoms with E-state index in [0.717, 1.165) is 6.08 Å². The summed E-state index contributed by atoms with van der Waals surface area (Å²) in [7, 11) is 0. The number of nitriles is 1. The molecule has 2 atom stereocenters. The molecule has 0 fully saturated rings. The van der Waals surface area contributed by atoms with E-state index in [-0.39, 0.29) is 6.42 Å². The van der Waals surface area contributed by atoms with Crippen LogP contribution in [0.5, 0.6) is 0 Å². The van der Waals surface area contributed by atoms with Crippen LogP contribution in [0.25, 0.3) is 6.08 Å². The molecule has 0 radical (unpaired) electrons. The highest BCUT2D eigenvalue weighted by Gasteiger charge is 2.19. The van der Waals surface area contributed by atoms with E-state index in [9.17, 15) is 15.0 Å². The number of rotatable bonds is 5. The van der Waals surface area contributed by atoms with Gasteiger partial charge in [0.05, 0.1) is 18.6 Å². The van der Waals surface area contributed by atoms with Gasteiger partial charge in [0.2, 0.25) is 0 Å². The third-order valence-electron chi connectivity index (χ3n) is 2.39. The number of carboxylic acids is 1. The van der Waals surface area contributed by atoms with Crippen molar-refractivity contribution in [2.75, 3.05) is 0 Å². The van der Waals surface area contributed by atoms with Gasteiger partial charge in [-0.2, -0.15) is 5.26 Å². The van der Waals surface area contributed by atoms with E-state index >= 15 is 0 Å². The highest BCUT2D eigenvalue weighted by molar-refractivity contribution is 5.85. The van der Waals surface area contributed by atoms with Crippen LogP contribution in [-0.2, 0) is 4.79 Å². The number of benzene rings is 1. The summed E-state index contributed by atoms with van der Waals surface area (Å²) in [6, 6.07) is 8.32. The van der Waals surface area contributed by atoms with Gasteiger partial charge in [-0.1, -0.05) is 24.3 Å². The number of aliphatic hydroxyl groups is 2. The van der Waals surface area contributed by atoms with Crippen molar-refractivity contribution in [1.29, 1.82) is 5.26 Å². The molecule has 0 spiro atoms. The Balaban J connectivity index is 3.02. The van der Waals surface area contributed by atoms with Gasteiger partial charge in [-0.15, -0.1) is 0 Å². The Bertz CT molecular complexity index is 490. The van der Waals surface area contributed by atoms with Crippen LogP contribution in [0.1, 0.15) is 23.7 Å². The number of aliphatic hydroxyl groups excluding tert-OH is 2. The zero-order valence-corrected chi connectivity index (χ0v) is 9.52. The molecule has 0 bridgehead atoms. The van der Waals surface area contributed by atoms with Crippen LogP contribution < -0.4 is 0 Å². The summed E-state index contributed by atoms with van der Waals surface area (Å²) in [5.74, 6) is -1.10. The van der Waals surface area contributed by atoms with E-state index in [1.807, 2.05) is 0 Å². The fourth-order valence-electron chi connectivity index (χ4n) is 1.51. The summed E-state index contributed by atoms with van der Waals surface area (Å²) >= 11 is 0. The quantitative estimate of drug-likeness (QED) is 0.676. The van der Waals surface area contributed by atoms with Gasteiger partial charge in [-0.05, 0) is 17.2 Å². The van der Waals surface area contributed by atoms with Gasteiger partial charge in [-0.3, -0.25) is 0 Å². The number of nitrogens with zero attached hydrogens (tertiary/aromatic N) is 1. The first-order valence-electron chi connectivity index (χ1n) is 5.29. The first-order valence-corrected chi connectivity index (χ1v) is 5.29. The van der Waals surface area contributed by atoms with E-state index in [1.54, 1.807) is 30.3 Å². The van der Waals surface area contributed by atoms with E-state index < -0.39 is 18.2 Å². The second-order valence-electron chi connectivity index (χ2n) is 3.67. The maximum atomic E-state index is 10.4. The molecule has 2 unspecified atom stereocenters. The molecule has 3 N–H and O–H groups in total. The molecule has 1 aromatic rings. The van der Waals surface area contributed by atoms with Crippen molar-refractivity contribution in [3.05, 3.63) is 41.5 Å². The molecule has 5 nitrogen and oxygen atoms in total. The molecule has 0 amide bonds. The first-order chi connectivity index (χ1) is 8.56. The maximum Gasteiger partial charge on any atom is 0.328 e. The van der Waals surface area contributed by atoms with Crippen molar-refractivity contribution in [1.82, 2.24) is 0 Å². The largest absolute Gasteiger partial charge is 0.478 e. The summed E-state index contributed by atoms with van der Waals surface area (Å²) < 4.78 is 0. The highest BCUT2D eigenvalue weighted by atomic mass is 16.4. The minimum atomic E-state index is -1.22. The third-order valence-corrected chi connectivity index (χ3v) is 2.39. The monoisotopic (exact) mass is 247 g/mol. The molecule has 0 aliphatic heterocycles. The predicted octanol–water partition coefficient (Wildman–Crippen LogP) is 1.09. The highest BCUT2D eigenvalue weighted by Crippen LogP contribution is 2.23. The van der Waals surface area contributed by atoms with Crippen LogP contribution in [0.3, 0.4) is 0 Å². The number of aliphatic carboxylic acids is 1. The Morgan fingerprint density at radius 1 is 1.39 bits per heavy atom. The molecule has 5 heteroatoms. The minimum Gasteiger partial charge on any atom is -0.478 e. The summed E-state index contributed by atoms with van der Waals surface area (Å²) in [5, 5.41) is 36.5. The zero-order chi connectivity index (χ0) is 13.5. The Hall–Kier alpha value is -2.16. The molecule has 94 valence electrons. The van der Waals surface area contributed by atoms with Crippen LogP contribution in [0.15, 0.2) is 30.3 Å². The molecular formula is C13H13NO4. The van der Waals surface area contributed by atoms with Crippen LogP contribution in [0.4, 0.5) is 0 Å². The number of carbonyl (C=O) groups is 1. The normalized spacial score (nSPS) is 14.1. The second kappa shape index (κ2) is 6.55. The van der Waals surface area contributed by atoms with Crippen molar-refractivity contribution >= 4 is 12.0 Å². The smallest absolute Gasteiger partial charge is 0.328 e. The second-order valence-corrected chi connectivity index (χ2v) is 3.67. The average molecular weight is 247 g/mol. The third kappa shape index (κ3) is 3.70. The van der Waals surface area contributed by atoms with Gasteiger partial charge < -0.3 is 15.3 Å². The molecule has 0 saturated heterocycles. The van der Waals surface area contributed by atoms with Crippen LogP contribution >= 0.6 is 0 Å². The van der Waals surface area contributed by atoms with E-state index in [4.69, 9.17) is 10.4 Å². The van der Waals surface area contributed by atoms with E-state index in [1.165, 1.54) is 6.08 Å². The van der Waals surface area contributed by atoms with Crippen molar-refractivity contribution < 1.29 is 20.1 Å². The standard InChI is InChI=1S/C13H13NO4/c14-8-7-11(15)13(18)10-4-2-1-3-9(10)5-6-12(16)17/h1-6,11,13,15,18H,7H2,(H,16,17)/b6-5+. The SMILES string of the molecule is N#CCC(O)C(O)c1ccccc1/C=C/C(=O)O. The van der Waals surface area contributed by atoms with Gasteiger partial charge in [0, 0.05) is 6.08 Å². The molecule has 18 heavy (non-hydrogen) atoms. The fourth-order valence-corrected chi connectivity index (χ4v) is 1.51. The lowest BCUT2D eigenvalue weighted by atomic mass is 9.97. The molecule has 0 aliphatic rings. The van der Waals surface area contributed by atoms with Gasteiger partial charge in [0.15, 0.2) is 0 Å². The lowest BCUT2D eigenvalue weighted by Gasteiger charge is -2.17. The van der Waals surface area contributed by atoms with Gasteiger partial charge >= 0.3 is 5.97 Å². The lowest BCUT2D eigenvalue weighted by molar-refractivity contribution is -0.131. The molecular weight excluding hydrogens is 234 g/mol. The number of carboxylic acid groups (broad SMARTS) is 1. The molecule has 0 aromatic heterocycles. The Kier molecular flexibility index (Phi) is 5.06. The molecule has 0 heterocycles. The topological polar surface area (TPSA) is 102 Å². The molecule has 1 aromatic carbocycles. The number of hydrogen-bond donors (Lipinski definition) is 3. The first kappa shape index (κ1) is 13.9. The van der Waals surface area contributed by atoms with Crippen LogP contribution in [-0.4, -0.2) is 27.4 Å². The number of hydrogen-bond acceptors (Lipinski definition) is 4. The molecule has 0 saturated carbocycles. The van der Waals surface area contributed by atoms with Crippen molar-refractivity contribution in [2.24, 2.45) is 0 Å². The summed E-state index contributed by atoms with van der Waals surface area (Å²) in [6.45, 7) is 0. The van der Waals surface area contributed by atoms with Crippen molar-refractivity contribution in [3.63, 3.8) is 0 Å². The van der Waals surface area contributed by atoms with Crippen LogP contribution in [0, 0.1) is 11.3 Å². The fraction of sp³-hybridized carbons (Fsp3) is 0.231. The Labute approximate surface area is 104 Å².